The van der Waals surface area contributed by atoms with E-state index in [2.05, 4.69) is 0 Å². The third kappa shape index (κ3) is 2.14. The molecule has 1 aromatic carbocycles. The van der Waals surface area contributed by atoms with E-state index in [1.165, 1.54) is 0 Å². The van der Waals surface area contributed by atoms with Crippen molar-refractivity contribution in [3.63, 3.8) is 0 Å². The molecule has 0 aromatic heterocycles. The van der Waals surface area contributed by atoms with Crippen molar-refractivity contribution in [2.45, 2.75) is 11.8 Å². The average Bonchev–Trinajstić information content (AvgIpc) is 2.15. The van der Waals surface area contributed by atoms with Crippen LogP contribution in [-0.4, -0.2) is 17.8 Å². The molecular formula is C9H8ClF4NO. The Hall–Kier alpha value is -0.850. The molecule has 3 N–H and O–H groups in total. The summed E-state index contributed by atoms with van der Waals surface area (Å²) in [5.41, 5.74) is 0.523. The van der Waals surface area contributed by atoms with E-state index in [0.717, 1.165) is 12.1 Å². The largest absolute Gasteiger partial charge is 0.422 e. The molecule has 0 amide bonds. The second kappa shape index (κ2) is 4.20. The Morgan fingerprint density at radius 1 is 1.31 bits per heavy atom. The SMILES string of the molecule is NCC(O)(c1ccc(Cl)cc1F)C(F)(F)F. The highest BCUT2D eigenvalue weighted by Crippen LogP contribution is 2.39. The van der Waals surface area contributed by atoms with E-state index >= 15 is 0 Å². The summed E-state index contributed by atoms with van der Waals surface area (Å²) in [6.45, 7) is -1.17. The van der Waals surface area contributed by atoms with Crippen molar-refractivity contribution in [2.24, 2.45) is 5.73 Å². The third-order valence-corrected chi connectivity index (χ3v) is 2.38. The zero-order valence-electron chi connectivity index (χ0n) is 7.85. The molecule has 0 aliphatic carbocycles. The average molecular weight is 258 g/mol. The fourth-order valence-corrected chi connectivity index (χ4v) is 1.36. The highest BCUT2D eigenvalue weighted by molar-refractivity contribution is 6.30. The molecule has 1 aromatic rings. The van der Waals surface area contributed by atoms with Gasteiger partial charge in [-0.15, -0.1) is 0 Å². The van der Waals surface area contributed by atoms with Crippen molar-refractivity contribution in [2.75, 3.05) is 6.54 Å². The number of nitrogens with two attached hydrogens (primary N) is 1. The van der Waals surface area contributed by atoms with Gasteiger partial charge in [0, 0.05) is 17.1 Å². The number of halogens is 5. The zero-order valence-corrected chi connectivity index (χ0v) is 8.61. The van der Waals surface area contributed by atoms with Crippen LogP contribution in [0.15, 0.2) is 18.2 Å². The second-order valence-corrected chi connectivity index (χ2v) is 3.62. The van der Waals surface area contributed by atoms with Gasteiger partial charge in [0.25, 0.3) is 0 Å². The topological polar surface area (TPSA) is 46.2 Å². The van der Waals surface area contributed by atoms with E-state index in [0.29, 0.717) is 6.07 Å². The highest BCUT2D eigenvalue weighted by Gasteiger charge is 2.55. The van der Waals surface area contributed by atoms with Gasteiger partial charge in [0.05, 0.1) is 0 Å². The van der Waals surface area contributed by atoms with Crippen LogP contribution in [0.3, 0.4) is 0 Å². The van der Waals surface area contributed by atoms with E-state index in [9.17, 15) is 22.7 Å². The van der Waals surface area contributed by atoms with Crippen molar-refractivity contribution >= 4 is 11.6 Å². The lowest BCUT2D eigenvalue weighted by Crippen LogP contribution is -2.48. The van der Waals surface area contributed by atoms with Crippen molar-refractivity contribution < 1.29 is 22.7 Å². The molecule has 0 bridgehead atoms. The minimum atomic E-state index is -5.06. The number of hydrogen-bond acceptors (Lipinski definition) is 2. The van der Waals surface area contributed by atoms with Crippen molar-refractivity contribution in [3.8, 4) is 0 Å². The molecule has 0 saturated carbocycles. The molecule has 90 valence electrons. The molecule has 7 heteroatoms. The molecule has 0 aliphatic rings. The van der Waals surface area contributed by atoms with Gasteiger partial charge in [-0.25, -0.2) is 4.39 Å². The summed E-state index contributed by atoms with van der Waals surface area (Å²) in [5.74, 6) is -1.25. The molecule has 1 rings (SSSR count). The lowest BCUT2D eigenvalue weighted by molar-refractivity contribution is -0.263. The molecular weight excluding hydrogens is 250 g/mol. The van der Waals surface area contributed by atoms with Crippen LogP contribution in [0, 0.1) is 5.82 Å². The minimum Gasteiger partial charge on any atom is -0.375 e. The van der Waals surface area contributed by atoms with Crippen LogP contribution >= 0.6 is 11.6 Å². The monoisotopic (exact) mass is 257 g/mol. The number of hydrogen-bond donors (Lipinski definition) is 2. The first-order valence-electron chi connectivity index (χ1n) is 4.17. The molecule has 0 spiro atoms. The van der Waals surface area contributed by atoms with Gasteiger partial charge in [0.2, 0.25) is 5.60 Å². The van der Waals surface area contributed by atoms with E-state index in [-0.39, 0.29) is 5.02 Å². The fourth-order valence-electron chi connectivity index (χ4n) is 1.20. The summed E-state index contributed by atoms with van der Waals surface area (Å²) in [7, 11) is 0. The number of benzene rings is 1. The quantitative estimate of drug-likeness (QED) is 0.798. The molecule has 0 saturated heterocycles. The summed E-state index contributed by atoms with van der Waals surface area (Å²) in [5, 5.41) is 9.30. The van der Waals surface area contributed by atoms with Crippen LogP contribution in [0.1, 0.15) is 5.56 Å². The Labute approximate surface area is 93.6 Å². The fraction of sp³-hybridized carbons (Fsp3) is 0.333. The van der Waals surface area contributed by atoms with E-state index in [4.69, 9.17) is 17.3 Å². The summed E-state index contributed by atoms with van der Waals surface area (Å²) >= 11 is 5.39. The Kier molecular flexibility index (Phi) is 3.47. The lowest BCUT2D eigenvalue weighted by Gasteiger charge is -2.29. The normalized spacial score (nSPS) is 15.9. The van der Waals surface area contributed by atoms with Crippen molar-refractivity contribution in [3.05, 3.63) is 34.6 Å². The maximum absolute atomic E-state index is 13.3. The molecule has 0 fully saturated rings. The van der Waals surface area contributed by atoms with E-state index < -0.39 is 29.7 Å². The van der Waals surface area contributed by atoms with Gasteiger partial charge < -0.3 is 10.8 Å². The summed E-state index contributed by atoms with van der Waals surface area (Å²) < 4.78 is 50.9. The molecule has 1 atom stereocenters. The minimum absolute atomic E-state index is 0.0669. The summed E-state index contributed by atoms with van der Waals surface area (Å²) in [6.07, 6.45) is -5.06. The Morgan fingerprint density at radius 3 is 2.25 bits per heavy atom. The zero-order chi connectivity index (χ0) is 12.6. The summed E-state index contributed by atoms with van der Waals surface area (Å²) in [4.78, 5) is 0. The van der Waals surface area contributed by atoms with E-state index in [1.807, 2.05) is 0 Å². The Balaban J connectivity index is 3.34. The van der Waals surface area contributed by atoms with Crippen LogP contribution in [0.4, 0.5) is 17.6 Å². The van der Waals surface area contributed by atoms with E-state index in [1.54, 1.807) is 0 Å². The Morgan fingerprint density at radius 2 is 1.88 bits per heavy atom. The Bertz CT molecular complexity index is 396. The van der Waals surface area contributed by atoms with Gasteiger partial charge in [-0.1, -0.05) is 17.7 Å². The number of alkyl halides is 3. The smallest absolute Gasteiger partial charge is 0.375 e. The second-order valence-electron chi connectivity index (χ2n) is 3.19. The highest BCUT2D eigenvalue weighted by atomic mass is 35.5. The van der Waals surface area contributed by atoms with Gasteiger partial charge in [0.1, 0.15) is 5.82 Å². The standard InChI is InChI=1S/C9H8ClF4NO/c10-5-1-2-6(7(11)3-5)8(16,4-15)9(12,13)14/h1-3,16H,4,15H2. The first-order chi connectivity index (χ1) is 7.22. The van der Waals surface area contributed by atoms with Gasteiger partial charge in [-0.3, -0.25) is 0 Å². The molecule has 1 unspecified atom stereocenters. The molecule has 16 heavy (non-hydrogen) atoms. The van der Waals surface area contributed by atoms with Gasteiger partial charge >= 0.3 is 6.18 Å². The van der Waals surface area contributed by atoms with Crippen molar-refractivity contribution in [1.29, 1.82) is 0 Å². The first kappa shape index (κ1) is 13.2. The molecule has 0 aliphatic heterocycles. The maximum Gasteiger partial charge on any atom is 0.422 e. The van der Waals surface area contributed by atoms with Crippen molar-refractivity contribution in [1.82, 2.24) is 0 Å². The predicted molar refractivity (Wildman–Crippen MR) is 50.4 cm³/mol. The van der Waals surface area contributed by atoms with Gasteiger partial charge in [-0.2, -0.15) is 13.2 Å². The molecule has 0 heterocycles. The van der Waals surface area contributed by atoms with Crippen LogP contribution in [0.25, 0.3) is 0 Å². The van der Waals surface area contributed by atoms with Crippen LogP contribution < -0.4 is 5.73 Å². The lowest BCUT2D eigenvalue weighted by atomic mass is 9.93. The molecule has 0 radical (unpaired) electrons. The van der Waals surface area contributed by atoms with Crippen LogP contribution in [-0.2, 0) is 5.60 Å². The number of rotatable bonds is 2. The number of aliphatic hydroxyl groups is 1. The van der Waals surface area contributed by atoms with Crippen LogP contribution in [0.2, 0.25) is 5.02 Å². The van der Waals surface area contributed by atoms with Crippen LogP contribution in [0.5, 0.6) is 0 Å². The molecule has 2 nitrogen and oxygen atoms in total. The van der Waals surface area contributed by atoms with Gasteiger partial charge in [-0.05, 0) is 12.1 Å². The van der Waals surface area contributed by atoms with Gasteiger partial charge in [0.15, 0.2) is 0 Å². The maximum atomic E-state index is 13.3. The third-order valence-electron chi connectivity index (χ3n) is 2.14. The predicted octanol–water partition coefficient (Wildman–Crippen LogP) is 2.19. The first-order valence-corrected chi connectivity index (χ1v) is 4.55. The summed E-state index contributed by atoms with van der Waals surface area (Å²) in [6, 6.07) is 2.49.